The molecule has 0 atom stereocenters. The number of benzene rings is 2. The fourth-order valence-corrected chi connectivity index (χ4v) is 2.51. The van der Waals surface area contributed by atoms with Crippen molar-refractivity contribution >= 4 is 37.1 Å². The number of amides is 1. The molecule has 0 aliphatic carbocycles. The van der Waals surface area contributed by atoms with Crippen molar-refractivity contribution in [2.75, 3.05) is 12.4 Å². The second-order valence-corrected chi connectivity index (χ2v) is 6.43. The van der Waals surface area contributed by atoms with Gasteiger partial charge in [0.1, 0.15) is 0 Å². The van der Waals surface area contributed by atoms with Crippen molar-refractivity contribution < 1.29 is 59.4 Å². The Balaban J connectivity index is 0.00000338. The Bertz CT molecular complexity index is 861. The van der Waals surface area contributed by atoms with Crippen molar-refractivity contribution in [1.29, 1.82) is 0 Å². The molecule has 0 heterocycles. The molecule has 2 rings (SSSR count). The first-order valence-electron chi connectivity index (χ1n) is 6.94. The molecule has 0 aliphatic rings. The second kappa shape index (κ2) is 10.1. The van der Waals surface area contributed by atoms with Crippen LogP contribution in [0.4, 0.5) is 5.69 Å². The van der Waals surface area contributed by atoms with Crippen molar-refractivity contribution in [3.63, 3.8) is 0 Å². The molecular formula is C16H16ClNNaO6P. The van der Waals surface area contributed by atoms with Gasteiger partial charge in [-0.1, -0.05) is 23.7 Å². The first-order valence-corrected chi connectivity index (χ1v) is 8.85. The van der Waals surface area contributed by atoms with Gasteiger partial charge in [-0.2, -0.15) is 0 Å². The maximum atomic E-state index is 11.9. The summed E-state index contributed by atoms with van der Waals surface area (Å²) in [5.74, 6) is -0.368. The summed E-state index contributed by atoms with van der Waals surface area (Å²) in [5.41, 5.74) is 1.04. The number of phosphoric ester groups is 1. The fourth-order valence-electron chi connectivity index (χ4n) is 1.92. The zero-order valence-corrected chi connectivity index (χ0v) is 17.7. The van der Waals surface area contributed by atoms with E-state index in [4.69, 9.17) is 26.1 Å². The van der Waals surface area contributed by atoms with Gasteiger partial charge in [0.15, 0.2) is 11.5 Å². The third kappa shape index (κ3) is 7.51. The Kier molecular flexibility index (Phi) is 8.86. The summed E-state index contributed by atoms with van der Waals surface area (Å²) in [4.78, 5) is 29.8. The first kappa shape index (κ1) is 22.7. The molecule has 0 bridgehead atoms. The molecule has 2 aromatic carbocycles. The molecule has 0 radical (unpaired) electrons. The molecule has 0 aromatic heterocycles. The molecule has 10 heteroatoms. The smallest absolute Gasteiger partial charge is 1.00 e. The Morgan fingerprint density at radius 1 is 1.23 bits per heavy atom. The van der Waals surface area contributed by atoms with Crippen LogP contribution in [0.5, 0.6) is 11.5 Å². The van der Waals surface area contributed by atoms with Crippen LogP contribution in [0.25, 0.3) is 6.08 Å². The number of hydrogen-bond acceptors (Lipinski definition) is 4. The van der Waals surface area contributed by atoms with Crippen LogP contribution in [0.1, 0.15) is 6.99 Å². The van der Waals surface area contributed by atoms with Crippen molar-refractivity contribution in [1.82, 2.24) is 0 Å². The van der Waals surface area contributed by atoms with Crippen molar-refractivity contribution in [2.24, 2.45) is 0 Å². The molecule has 134 valence electrons. The van der Waals surface area contributed by atoms with Crippen LogP contribution in [-0.2, 0) is 9.36 Å². The quantitative estimate of drug-likeness (QED) is 0.368. The van der Waals surface area contributed by atoms with Gasteiger partial charge in [0, 0.05) is 16.8 Å². The van der Waals surface area contributed by atoms with Crippen molar-refractivity contribution in [3.8, 4) is 11.5 Å². The van der Waals surface area contributed by atoms with E-state index in [0.29, 0.717) is 16.3 Å². The summed E-state index contributed by atoms with van der Waals surface area (Å²) in [6, 6.07) is 11.1. The molecule has 2 aromatic rings. The van der Waals surface area contributed by atoms with Crippen LogP contribution >= 0.6 is 19.4 Å². The van der Waals surface area contributed by atoms with E-state index >= 15 is 0 Å². The minimum atomic E-state index is -4.73. The van der Waals surface area contributed by atoms with Crippen LogP contribution in [0.3, 0.4) is 0 Å². The van der Waals surface area contributed by atoms with E-state index in [-0.39, 0.29) is 42.5 Å². The van der Waals surface area contributed by atoms with Gasteiger partial charge in [-0.3, -0.25) is 14.6 Å². The van der Waals surface area contributed by atoms with Crippen molar-refractivity contribution in [2.45, 2.75) is 0 Å². The number of nitrogens with one attached hydrogen (secondary N) is 1. The summed E-state index contributed by atoms with van der Waals surface area (Å²) in [6.45, 7) is 0. The minimum absolute atomic E-state index is 0. The first-order chi connectivity index (χ1) is 11.8. The monoisotopic (exact) mass is 407 g/mol. The predicted molar refractivity (Wildman–Crippen MR) is 95.9 cm³/mol. The molecule has 0 aliphatic heterocycles. The number of carbonyl (C=O) groups is 1. The number of phosphoric acid groups is 1. The summed E-state index contributed by atoms with van der Waals surface area (Å²) in [7, 11) is -3.39. The number of carbonyl (C=O) groups excluding carboxylic acids is 1. The summed E-state index contributed by atoms with van der Waals surface area (Å²) < 4.78 is 20.6. The molecule has 1 amide bonds. The summed E-state index contributed by atoms with van der Waals surface area (Å²) in [6.07, 6.45) is 2.73. The second-order valence-electron chi connectivity index (χ2n) is 4.83. The van der Waals surface area contributed by atoms with Gasteiger partial charge in [0.2, 0.25) is 5.91 Å². The maximum Gasteiger partial charge on any atom is 1.00 e. The van der Waals surface area contributed by atoms with E-state index < -0.39 is 13.7 Å². The third-order valence-corrected chi connectivity index (χ3v) is 3.59. The van der Waals surface area contributed by atoms with E-state index in [1.54, 1.807) is 30.3 Å². The Morgan fingerprint density at radius 2 is 1.96 bits per heavy atom. The minimum Gasteiger partial charge on any atom is -1.00 e. The van der Waals surface area contributed by atoms with Gasteiger partial charge in [0.05, 0.1) is 7.11 Å². The van der Waals surface area contributed by atoms with Crippen LogP contribution in [0, 0.1) is 0 Å². The molecule has 26 heavy (non-hydrogen) atoms. The average Bonchev–Trinajstić information content (AvgIpc) is 2.51. The predicted octanol–water partition coefficient (Wildman–Crippen LogP) is 0.588. The Morgan fingerprint density at radius 3 is 2.58 bits per heavy atom. The number of methoxy groups -OCH3 is 1. The fraction of sp³-hybridized carbons (Fsp3) is 0.0625. The Labute approximate surface area is 179 Å². The average molecular weight is 408 g/mol. The standard InChI is InChI=1S/C16H15ClNO6P.Na.H/c1-23-14-7-5-11(9-15(14)24-25(20,21)22)6-8-16(19)18-13-4-2-3-12(17)10-13;;/h2-10H,1H3,(H,18,19)(H2,20,21,22);;/q;+1;-1/b8-6+;;. The van der Waals surface area contributed by atoms with E-state index in [9.17, 15) is 9.36 Å². The number of ether oxygens (including phenoxy) is 1. The summed E-state index contributed by atoms with van der Waals surface area (Å²) in [5, 5.41) is 3.13. The Hall–Kier alpha value is -1.31. The third-order valence-electron chi connectivity index (χ3n) is 2.92. The van der Waals surface area contributed by atoms with E-state index in [1.807, 2.05) is 0 Å². The number of rotatable bonds is 6. The van der Waals surface area contributed by atoms with E-state index in [2.05, 4.69) is 9.84 Å². The van der Waals surface area contributed by atoms with E-state index in [1.165, 1.54) is 31.4 Å². The van der Waals surface area contributed by atoms with Gasteiger partial charge in [-0.15, -0.1) is 0 Å². The molecule has 7 nitrogen and oxygen atoms in total. The zero-order chi connectivity index (χ0) is 18.4. The van der Waals surface area contributed by atoms with Gasteiger partial charge in [-0.05, 0) is 42.0 Å². The van der Waals surface area contributed by atoms with Crippen LogP contribution < -0.4 is 44.1 Å². The van der Waals surface area contributed by atoms with Crippen LogP contribution in [0.2, 0.25) is 5.02 Å². The molecule has 3 N–H and O–H groups in total. The van der Waals surface area contributed by atoms with Crippen molar-refractivity contribution in [3.05, 3.63) is 59.1 Å². The number of hydrogen-bond donors (Lipinski definition) is 3. The molecule has 0 saturated carbocycles. The maximum absolute atomic E-state index is 11.9. The molecule has 0 spiro atoms. The zero-order valence-electron chi connectivity index (χ0n) is 15.0. The summed E-state index contributed by atoms with van der Waals surface area (Å²) >= 11 is 5.84. The molecule has 0 fully saturated rings. The molecule has 0 unspecified atom stereocenters. The molecular weight excluding hydrogens is 392 g/mol. The largest absolute Gasteiger partial charge is 1.00 e. The SMILES string of the molecule is COc1ccc(/C=C/C(=O)Nc2cccc(Cl)c2)cc1OP(=O)(O)O.[H-].[Na+]. The normalized spacial score (nSPS) is 10.9. The van der Waals surface area contributed by atoms with Crippen LogP contribution in [-0.4, -0.2) is 22.8 Å². The van der Waals surface area contributed by atoms with E-state index in [0.717, 1.165) is 0 Å². The molecule has 0 saturated heterocycles. The number of anilines is 1. The van der Waals surface area contributed by atoms with Gasteiger partial charge >= 0.3 is 37.4 Å². The number of halogens is 1. The van der Waals surface area contributed by atoms with Gasteiger partial charge in [-0.25, -0.2) is 4.57 Å². The van der Waals surface area contributed by atoms with Gasteiger partial charge < -0.3 is 16.0 Å². The van der Waals surface area contributed by atoms with Gasteiger partial charge in [0.25, 0.3) is 0 Å². The van der Waals surface area contributed by atoms with Crippen LogP contribution in [0.15, 0.2) is 48.5 Å². The topological polar surface area (TPSA) is 105 Å².